The molecule has 2 aromatic rings. The third kappa shape index (κ3) is 5.65. The van der Waals surface area contributed by atoms with Gasteiger partial charge < -0.3 is 9.64 Å². The van der Waals surface area contributed by atoms with E-state index in [1.165, 1.54) is 19.4 Å². The highest BCUT2D eigenvalue weighted by molar-refractivity contribution is 6.33. The van der Waals surface area contributed by atoms with Crippen molar-refractivity contribution >= 4 is 35.0 Å². The number of halogens is 3. The summed E-state index contributed by atoms with van der Waals surface area (Å²) in [6.45, 7) is 7.35. The van der Waals surface area contributed by atoms with E-state index in [0.717, 1.165) is 52.0 Å². The minimum absolute atomic E-state index is 0.233. The third-order valence-corrected chi connectivity index (χ3v) is 7.49. The largest absolute Gasteiger partial charge is 0.465 e. The molecule has 34 heavy (non-hydrogen) atoms. The smallest absolute Gasteiger partial charge is 0.339 e. The minimum atomic E-state index is -0.442. The summed E-state index contributed by atoms with van der Waals surface area (Å²) < 4.78 is 19.0. The molecule has 0 spiro atoms. The van der Waals surface area contributed by atoms with Gasteiger partial charge in [-0.25, -0.2) is 14.2 Å². The molecule has 0 saturated carbocycles. The van der Waals surface area contributed by atoms with Crippen molar-refractivity contribution < 1.29 is 13.9 Å². The Kier molecular flexibility index (Phi) is 8.30. The second kappa shape index (κ2) is 11.2. The van der Waals surface area contributed by atoms with E-state index in [0.29, 0.717) is 45.6 Å². The molecule has 0 unspecified atom stereocenters. The number of hydrogen-bond acceptors (Lipinski definition) is 6. The summed E-state index contributed by atoms with van der Waals surface area (Å²) in [5.74, 6) is 0.0401. The molecular formula is C25H31Cl2FN4O2. The number of aromatic nitrogens is 1. The maximum absolute atomic E-state index is 14.2. The number of esters is 1. The van der Waals surface area contributed by atoms with Crippen LogP contribution in [0.4, 0.5) is 10.2 Å². The molecule has 1 atom stereocenters. The lowest BCUT2D eigenvalue weighted by Crippen LogP contribution is -2.58. The fourth-order valence-corrected chi connectivity index (χ4v) is 5.54. The fourth-order valence-electron chi connectivity index (χ4n) is 5.10. The van der Waals surface area contributed by atoms with Crippen LogP contribution in [0.25, 0.3) is 0 Å². The number of anilines is 1. The molecule has 6 nitrogen and oxygen atoms in total. The number of carbonyl (C=O) groups is 1. The van der Waals surface area contributed by atoms with Gasteiger partial charge in [0.25, 0.3) is 0 Å². The number of hydrogen-bond donors (Lipinski definition) is 0. The summed E-state index contributed by atoms with van der Waals surface area (Å²) in [4.78, 5) is 23.4. The molecule has 0 bridgehead atoms. The van der Waals surface area contributed by atoms with Gasteiger partial charge in [0.1, 0.15) is 11.6 Å². The zero-order valence-corrected chi connectivity index (χ0v) is 21.2. The molecular weight excluding hydrogens is 478 g/mol. The second-order valence-corrected chi connectivity index (χ2v) is 9.85. The van der Waals surface area contributed by atoms with Gasteiger partial charge in [0.05, 0.1) is 17.7 Å². The monoisotopic (exact) mass is 508 g/mol. The molecule has 2 fully saturated rings. The van der Waals surface area contributed by atoms with Crippen LogP contribution in [0.2, 0.25) is 10.0 Å². The third-order valence-electron chi connectivity index (χ3n) is 6.98. The number of benzene rings is 1. The van der Waals surface area contributed by atoms with Crippen molar-refractivity contribution in [2.24, 2.45) is 0 Å². The highest BCUT2D eigenvalue weighted by atomic mass is 35.5. The van der Waals surface area contributed by atoms with E-state index in [1.54, 1.807) is 18.2 Å². The average Bonchev–Trinajstić information content (AvgIpc) is 2.85. The van der Waals surface area contributed by atoms with E-state index in [1.807, 2.05) is 0 Å². The number of methoxy groups -OCH3 is 1. The molecule has 0 amide bonds. The number of piperazine rings is 1. The Bertz CT molecular complexity index is 1020. The molecule has 0 aliphatic carbocycles. The van der Waals surface area contributed by atoms with Crippen LogP contribution in [0, 0.1) is 5.82 Å². The average molecular weight is 509 g/mol. The number of carbonyl (C=O) groups excluding carboxylic acids is 1. The van der Waals surface area contributed by atoms with Crippen molar-refractivity contribution in [1.82, 2.24) is 14.8 Å². The first-order valence-corrected chi connectivity index (χ1v) is 12.6. The Hall–Kier alpha value is -1.93. The Balaban J connectivity index is 1.34. The molecule has 184 valence electrons. The van der Waals surface area contributed by atoms with E-state index in [4.69, 9.17) is 27.9 Å². The van der Waals surface area contributed by atoms with Crippen LogP contribution in [-0.2, 0) is 11.3 Å². The lowest BCUT2D eigenvalue weighted by Gasteiger charge is -2.47. The van der Waals surface area contributed by atoms with Crippen LogP contribution in [0.5, 0.6) is 0 Å². The number of pyridine rings is 1. The lowest BCUT2D eigenvalue weighted by atomic mass is 9.97. The Morgan fingerprint density at radius 1 is 1.18 bits per heavy atom. The van der Waals surface area contributed by atoms with E-state index in [2.05, 4.69) is 26.6 Å². The van der Waals surface area contributed by atoms with E-state index >= 15 is 0 Å². The maximum Gasteiger partial charge on any atom is 0.339 e. The summed E-state index contributed by atoms with van der Waals surface area (Å²) in [7, 11) is 1.34. The minimum Gasteiger partial charge on any atom is -0.465 e. The SMILES string of the molecule is CC[C@H]1CN(c2ncc(C(=O)OC)cc2Cl)CCN1C1CCN(Cc2ccc(Cl)cc2F)CC1. The van der Waals surface area contributed by atoms with Gasteiger partial charge in [0.2, 0.25) is 0 Å². The normalized spacial score (nSPS) is 20.5. The van der Waals surface area contributed by atoms with E-state index in [-0.39, 0.29) is 5.82 Å². The first kappa shape index (κ1) is 25.2. The molecule has 2 aliphatic heterocycles. The standard InChI is InChI=1S/C25H31Cl2FN4O2/c1-3-20-16-31(24-22(27)12-18(14-29-24)25(33)34-2)10-11-32(20)21-6-8-30(9-7-21)15-17-4-5-19(26)13-23(17)28/h4-5,12-14,20-21H,3,6-11,15-16H2,1-2H3/t20-/m0/s1. The van der Waals surface area contributed by atoms with Gasteiger partial charge in [-0.1, -0.05) is 36.2 Å². The van der Waals surface area contributed by atoms with Gasteiger partial charge in [-0.2, -0.15) is 0 Å². The van der Waals surface area contributed by atoms with Crippen LogP contribution in [0.3, 0.4) is 0 Å². The number of ether oxygens (including phenoxy) is 1. The Morgan fingerprint density at radius 2 is 1.94 bits per heavy atom. The number of likely N-dealkylation sites (tertiary alicyclic amines) is 1. The molecule has 1 aromatic carbocycles. The van der Waals surface area contributed by atoms with Gasteiger partial charge in [-0.15, -0.1) is 0 Å². The summed E-state index contributed by atoms with van der Waals surface area (Å²) in [6, 6.07) is 7.47. The van der Waals surface area contributed by atoms with Gasteiger partial charge in [0, 0.05) is 55.0 Å². The number of piperidine rings is 1. The molecule has 9 heteroatoms. The van der Waals surface area contributed by atoms with Crippen molar-refractivity contribution in [3.63, 3.8) is 0 Å². The summed E-state index contributed by atoms with van der Waals surface area (Å²) in [5, 5.41) is 0.898. The number of rotatable bonds is 6. The fraction of sp³-hybridized carbons (Fsp3) is 0.520. The van der Waals surface area contributed by atoms with Gasteiger partial charge in [-0.05, 0) is 50.6 Å². The van der Waals surface area contributed by atoms with Crippen LogP contribution < -0.4 is 4.90 Å². The topological polar surface area (TPSA) is 48.9 Å². The molecule has 4 rings (SSSR count). The molecule has 3 heterocycles. The van der Waals surface area contributed by atoms with Crippen molar-refractivity contribution in [1.29, 1.82) is 0 Å². The zero-order valence-electron chi connectivity index (χ0n) is 19.6. The highest BCUT2D eigenvalue weighted by Crippen LogP contribution is 2.30. The van der Waals surface area contributed by atoms with Gasteiger partial charge in [-0.3, -0.25) is 9.80 Å². The second-order valence-electron chi connectivity index (χ2n) is 9.01. The highest BCUT2D eigenvalue weighted by Gasteiger charge is 2.34. The summed E-state index contributed by atoms with van der Waals surface area (Å²) in [6.07, 6.45) is 4.70. The first-order chi connectivity index (χ1) is 16.4. The Morgan fingerprint density at radius 3 is 2.59 bits per heavy atom. The summed E-state index contributed by atoms with van der Waals surface area (Å²) in [5.41, 5.74) is 1.05. The summed E-state index contributed by atoms with van der Waals surface area (Å²) >= 11 is 12.4. The van der Waals surface area contributed by atoms with Crippen molar-refractivity contribution in [2.45, 2.75) is 44.8 Å². The van der Waals surface area contributed by atoms with Crippen molar-refractivity contribution in [3.8, 4) is 0 Å². The maximum atomic E-state index is 14.2. The van der Waals surface area contributed by atoms with Crippen LogP contribution in [0.1, 0.15) is 42.1 Å². The quantitative estimate of drug-likeness (QED) is 0.518. The lowest BCUT2D eigenvalue weighted by molar-refractivity contribution is 0.0598. The molecule has 0 radical (unpaired) electrons. The van der Waals surface area contributed by atoms with Crippen LogP contribution in [0.15, 0.2) is 30.5 Å². The Labute approximate surface area is 210 Å². The van der Waals surface area contributed by atoms with Gasteiger partial charge in [0.15, 0.2) is 0 Å². The molecule has 2 saturated heterocycles. The first-order valence-electron chi connectivity index (χ1n) is 11.8. The van der Waals surface area contributed by atoms with E-state index in [9.17, 15) is 9.18 Å². The van der Waals surface area contributed by atoms with Crippen LogP contribution in [-0.4, -0.2) is 72.7 Å². The predicted octanol–water partition coefficient (Wildman–Crippen LogP) is 4.88. The molecule has 1 aromatic heterocycles. The zero-order chi connectivity index (χ0) is 24.2. The van der Waals surface area contributed by atoms with Crippen molar-refractivity contribution in [3.05, 3.63) is 57.5 Å². The molecule has 2 aliphatic rings. The van der Waals surface area contributed by atoms with Gasteiger partial charge >= 0.3 is 5.97 Å². The van der Waals surface area contributed by atoms with Crippen LogP contribution >= 0.6 is 23.2 Å². The number of nitrogens with zero attached hydrogens (tertiary/aromatic N) is 4. The van der Waals surface area contributed by atoms with E-state index < -0.39 is 5.97 Å². The predicted molar refractivity (Wildman–Crippen MR) is 133 cm³/mol. The van der Waals surface area contributed by atoms with Crippen molar-refractivity contribution in [2.75, 3.05) is 44.7 Å². The molecule has 0 N–H and O–H groups in total.